The van der Waals surface area contributed by atoms with Crippen LogP contribution >= 0.6 is 0 Å². The van der Waals surface area contributed by atoms with Crippen LogP contribution in [0, 0.1) is 0 Å². The normalized spacial score (nSPS) is 14.0. The van der Waals surface area contributed by atoms with E-state index in [1.165, 1.54) is 0 Å². The van der Waals surface area contributed by atoms with Crippen LogP contribution < -0.4 is 20.1 Å². The average Bonchev–Trinajstić information content (AvgIpc) is 3.20. The van der Waals surface area contributed by atoms with Gasteiger partial charge in [0.25, 0.3) is 0 Å². The minimum atomic E-state index is 0.256. The molecular weight excluding hydrogens is 392 g/mol. The number of guanidine groups is 1. The Morgan fingerprint density at radius 2 is 1.71 bits per heavy atom. The molecule has 166 valence electrons. The predicted molar refractivity (Wildman–Crippen MR) is 122 cm³/mol. The smallest absolute Gasteiger partial charge is 0.222 e. The molecule has 1 aliphatic heterocycles. The van der Waals surface area contributed by atoms with Gasteiger partial charge < -0.3 is 25.0 Å². The fourth-order valence-corrected chi connectivity index (χ4v) is 3.53. The molecule has 31 heavy (non-hydrogen) atoms. The number of hydrogen-bond acceptors (Lipinski definition) is 4. The number of ether oxygens (including phenoxy) is 2. The maximum Gasteiger partial charge on any atom is 0.222 e. The molecule has 1 saturated heterocycles. The quantitative estimate of drug-likeness (QED) is 0.478. The summed E-state index contributed by atoms with van der Waals surface area (Å²) < 4.78 is 10.7. The number of benzene rings is 2. The Balaban J connectivity index is 1.56. The van der Waals surface area contributed by atoms with Gasteiger partial charge in [-0.15, -0.1) is 0 Å². The second-order valence-corrected chi connectivity index (χ2v) is 7.47. The molecule has 0 unspecified atom stereocenters. The first-order valence-electron chi connectivity index (χ1n) is 10.7. The largest absolute Gasteiger partial charge is 0.493 e. The summed E-state index contributed by atoms with van der Waals surface area (Å²) in [5.74, 6) is 2.41. The summed E-state index contributed by atoms with van der Waals surface area (Å²) in [6.45, 7) is 5.58. The van der Waals surface area contributed by atoms with Gasteiger partial charge in [-0.25, -0.2) is 4.99 Å². The van der Waals surface area contributed by atoms with E-state index in [4.69, 9.17) is 9.47 Å². The number of carbonyl (C=O) groups is 1. The SMILES string of the molecule is CCNC(=NCc1ccc(OC)c(OC)c1)NCc1ccc(CN2CCCC2=O)cc1. The molecule has 2 aromatic carbocycles. The Bertz CT molecular complexity index is 896. The molecule has 1 fully saturated rings. The van der Waals surface area contributed by atoms with E-state index in [1.54, 1.807) is 14.2 Å². The maximum atomic E-state index is 11.8. The van der Waals surface area contributed by atoms with Crippen molar-refractivity contribution in [1.82, 2.24) is 15.5 Å². The van der Waals surface area contributed by atoms with E-state index in [2.05, 4.69) is 39.9 Å². The van der Waals surface area contributed by atoms with Gasteiger partial charge in [-0.1, -0.05) is 30.3 Å². The van der Waals surface area contributed by atoms with Crippen molar-refractivity contribution in [3.05, 3.63) is 59.2 Å². The maximum absolute atomic E-state index is 11.8. The van der Waals surface area contributed by atoms with E-state index < -0.39 is 0 Å². The molecule has 2 N–H and O–H groups in total. The monoisotopic (exact) mass is 424 g/mol. The van der Waals surface area contributed by atoms with Gasteiger partial charge in [0.1, 0.15) is 0 Å². The van der Waals surface area contributed by atoms with Crippen LogP contribution in [0.25, 0.3) is 0 Å². The highest BCUT2D eigenvalue weighted by molar-refractivity contribution is 5.79. The first kappa shape index (κ1) is 22.5. The highest BCUT2D eigenvalue weighted by Gasteiger charge is 2.19. The Kier molecular flexibility index (Phi) is 8.15. The topological polar surface area (TPSA) is 75.2 Å². The number of nitrogens with zero attached hydrogens (tertiary/aromatic N) is 2. The van der Waals surface area contributed by atoms with E-state index >= 15 is 0 Å². The summed E-state index contributed by atoms with van der Waals surface area (Å²) in [5.41, 5.74) is 3.36. The lowest BCUT2D eigenvalue weighted by atomic mass is 10.1. The van der Waals surface area contributed by atoms with Crippen molar-refractivity contribution in [3.8, 4) is 11.5 Å². The molecule has 2 aromatic rings. The molecule has 0 atom stereocenters. The highest BCUT2D eigenvalue weighted by Crippen LogP contribution is 2.27. The van der Waals surface area contributed by atoms with Crippen molar-refractivity contribution >= 4 is 11.9 Å². The number of hydrogen-bond donors (Lipinski definition) is 2. The molecule has 1 amide bonds. The zero-order valence-electron chi connectivity index (χ0n) is 18.6. The van der Waals surface area contributed by atoms with Crippen molar-refractivity contribution in [2.75, 3.05) is 27.3 Å². The molecule has 0 spiro atoms. The van der Waals surface area contributed by atoms with Gasteiger partial charge in [-0.3, -0.25) is 4.79 Å². The van der Waals surface area contributed by atoms with E-state index in [1.807, 2.05) is 30.0 Å². The minimum absolute atomic E-state index is 0.256. The third kappa shape index (κ3) is 6.38. The Hall–Kier alpha value is -3.22. The summed E-state index contributed by atoms with van der Waals surface area (Å²) in [6, 6.07) is 14.2. The van der Waals surface area contributed by atoms with Gasteiger partial charge >= 0.3 is 0 Å². The lowest BCUT2D eigenvalue weighted by Crippen LogP contribution is -2.36. The van der Waals surface area contributed by atoms with E-state index in [-0.39, 0.29) is 5.91 Å². The number of carbonyl (C=O) groups excluding carboxylic acids is 1. The second-order valence-electron chi connectivity index (χ2n) is 7.47. The summed E-state index contributed by atoms with van der Waals surface area (Å²) in [7, 11) is 3.26. The van der Waals surface area contributed by atoms with Crippen molar-refractivity contribution in [2.24, 2.45) is 4.99 Å². The first-order chi connectivity index (χ1) is 15.1. The molecule has 0 radical (unpaired) electrons. The van der Waals surface area contributed by atoms with Crippen molar-refractivity contribution in [3.63, 3.8) is 0 Å². The fourth-order valence-electron chi connectivity index (χ4n) is 3.53. The van der Waals surface area contributed by atoms with Crippen LogP contribution in [0.1, 0.15) is 36.5 Å². The summed E-state index contributed by atoms with van der Waals surface area (Å²) >= 11 is 0. The predicted octanol–water partition coefficient (Wildman–Crippen LogP) is 3.08. The molecule has 1 heterocycles. The zero-order chi connectivity index (χ0) is 22.1. The van der Waals surface area contributed by atoms with E-state index in [9.17, 15) is 4.79 Å². The molecular formula is C24H32N4O3. The van der Waals surface area contributed by atoms with Crippen LogP contribution in [0.4, 0.5) is 0 Å². The van der Waals surface area contributed by atoms with E-state index in [0.29, 0.717) is 37.6 Å². The average molecular weight is 425 g/mol. The van der Waals surface area contributed by atoms with Gasteiger partial charge in [-0.2, -0.15) is 0 Å². The summed E-state index contributed by atoms with van der Waals surface area (Å²) in [4.78, 5) is 18.4. The summed E-state index contributed by atoms with van der Waals surface area (Å²) in [6.07, 6.45) is 1.65. The van der Waals surface area contributed by atoms with Gasteiger partial charge in [-0.05, 0) is 42.2 Å². The molecule has 1 aliphatic rings. The second kappa shape index (κ2) is 11.2. The van der Waals surface area contributed by atoms with Gasteiger partial charge in [0.05, 0.1) is 20.8 Å². The van der Waals surface area contributed by atoms with Crippen molar-refractivity contribution < 1.29 is 14.3 Å². The van der Waals surface area contributed by atoms with Crippen LogP contribution in [0.3, 0.4) is 0 Å². The van der Waals surface area contributed by atoms with Crippen molar-refractivity contribution in [2.45, 2.75) is 39.4 Å². The number of rotatable bonds is 9. The van der Waals surface area contributed by atoms with Crippen LogP contribution in [0.2, 0.25) is 0 Å². The van der Waals surface area contributed by atoms with Gasteiger partial charge in [0.2, 0.25) is 5.91 Å². The van der Waals surface area contributed by atoms with Crippen LogP contribution in [-0.4, -0.2) is 44.1 Å². The third-order valence-electron chi connectivity index (χ3n) is 5.24. The molecule has 7 heteroatoms. The molecule has 0 saturated carbocycles. The Morgan fingerprint density at radius 1 is 1.00 bits per heavy atom. The lowest BCUT2D eigenvalue weighted by Gasteiger charge is -2.16. The molecule has 3 rings (SSSR count). The Labute approximate surface area is 184 Å². The molecule has 0 bridgehead atoms. The fraction of sp³-hybridized carbons (Fsp3) is 0.417. The number of amides is 1. The standard InChI is InChI=1S/C24H32N4O3/c1-4-25-24(27-16-20-11-12-21(30-2)22(14-20)31-3)26-15-18-7-9-19(10-8-18)17-28-13-5-6-23(28)29/h7-12,14H,4-6,13,15-17H2,1-3H3,(H2,25,26,27). The number of aliphatic imine (C=N–C) groups is 1. The van der Waals surface area contributed by atoms with Crippen LogP contribution in [-0.2, 0) is 24.4 Å². The molecule has 0 aliphatic carbocycles. The van der Waals surface area contributed by atoms with Crippen molar-refractivity contribution in [1.29, 1.82) is 0 Å². The van der Waals surface area contributed by atoms with Crippen LogP contribution in [0.15, 0.2) is 47.5 Å². The van der Waals surface area contributed by atoms with Crippen LogP contribution in [0.5, 0.6) is 11.5 Å². The van der Waals surface area contributed by atoms with Gasteiger partial charge in [0.15, 0.2) is 17.5 Å². The molecule has 7 nitrogen and oxygen atoms in total. The van der Waals surface area contributed by atoms with Gasteiger partial charge in [0, 0.05) is 32.6 Å². The molecule has 0 aromatic heterocycles. The zero-order valence-corrected chi connectivity index (χ0v) is 18.6. The first-order valence-corrected chi connectivity index (χ1v) is 10.7. The van der Waals surface area contributed by atoms with E-state index in [0.717, 1.165) is 42.2 Å². The number of methoxy groups -OCH3 is 2. The summed E-state index contributed by atoms with van der Waals surface area (Å²) in [5, 5.41) is 6.65. The number of nitrogens with one attached hydrogen (secondary N) is 2. The minimum Gasteiger partial charge on any atom is -0.493 e. The lowest BCUT2D eigenvalue weighted by molar-refractivity contribution is -0.128. The Morgan fingerprint density at radius 3 is 2.35 bits per heavy atom. The highest BCUT2D eigenvalue weighted by atomic mass is 16.5. The number of likely N-dealkylation sites (tertiary alicyclic amines) is 1. The third-order valence-corrected chi connectivity index (χ3v) is 5.24.